The second-order valence-electron chi connectivity index (χ2n) is 6.09. The summed E-state index contributed by atoms with van der Waals surface area (Å²) in [7, 11) is 0. The molecule has 0 radical (unpaired) electrons. The molecular formula is C14H27N3O. The third-order valence-electron chi connectivity index (χ3n) is 4.57. The molecule has 0 saturated carbocycles. The van der Waals surface area contributed by atoms with Gasteiger partial charge in [0.15, 0.2) is 0 Å². The van der Waals surface area contributed by atoms with E-state index in [0.717, 1.165) is 32.6 Å². The maximum Gasteiger partial charge on any atom is 0.234 e. The van der Waals surface area contributed by atoms with Gasteiger partial charge in [-0.2, -0.15) is 0 Å². The molecule has 2 aliphatic rings. The van der Waals surface area contributed by atoms with Gasteiger partial charge < -0.3 is 10.6 Å². The number of nitrogens with zero attached hydrogens (tertiary/aromatic N) is 1. The van der Waals surface area contributed by atoms with Crippen LogP contribution in [0.3, 0.4) is 0 Å². The highest BCUT2D eigenvalue weighted by Gasteiger charge is 2.39. The van der Waals surface area contributed by atoms with E-state index in [-0.39, 0.29) is 5.91 Å². The zero-order chi connectivity index (χ0) is 13.0. The van der Waals surface area contributed by atoms with Crippen molar-refractivity contribution in [2.45, 2.75) is 45.6 Å². The average molecular weight is 253 g/mol. The molecule has 4 nitrogen and oxygen atoms in total. The SMILES string of the molecule is CCC(C)NC(=O)CN1CCC2(CCNCC2)C1. The van der Waals surface area contributed by atoms with E-state index in [2.05, 4.69) is 29.4 Å². The van der Waals surface area contributed by atoms with Crippen LogP contribution in [-0.2, 0) is 4.79 Å². The number of rotatable bonds is 4. The van der Waals surface area contributed by atoms with Crippen molar-refractivity contribution in [2.75, 3.05) is 32.7 Å². The summed E-state index contributed by atoms with van der Waals surface area (Å²) in [6.45, 7) is 9.25. The Morgan fingerprint density at radius 1 is 1.39 bits per heavy atom. The van der Waals surface area contributed by atoms with Crippen LogP contribution in [0.2, 0.25) is 0 Å². The first kappa shape index (κ1) is 13.8. The molecule has 0 aromatic heterocycles. The Hall–Kier alpha value is -0.610. The van der Waals surface area contributed by atoms with Gasteiger partial charge in [0.2, 0.25) is 5.91 Å². The number of carbonyl (C=O) groups excluding carboxylic acids is 1. The Kier molecular flexibility index (Phi) is 4.62. The first-order valence-electron chi connectivity index (χ1n) is 7.36. The normalized spacial score (nSPS) is 25.2. The number of likely N-dealkylation sites (tertiary alicyclic amines) is 1. The van der Waals surface area contributed by atoms with E-state index in [4.69, 9.17) is 0 Å². The van der Waals surface area contributed by atoms with Crippen molar-refractivity contribution < 1.29 is 4.79 Å². The van der Waals surface area contributed by atoms with E-state index in [1.165, 1.54) is 19.3 Å². The summed E-state index contributed by atoms with van der Waals surface area (Å²) >= 11 is 0. The van der Waals surface area contributed by atoms with Crippen LogP contribution < -0.4 is 10.6 Å². The minimum atomic E-state index is 0.190. The fourth-order valence-corrected chi connectivity index (χ4v) is 3.15. The predicted molar refractivity (Wildman–Crippen MR) is 73.5 cm³/mol. The molecule has 2 fully saturated rings. The highest BCUT2D eigenvalue weighted by molar-refractivity contribution is 5.78. The molecule has 2 heterocycles. The van der Waals surface area contributed by atoms with Gasteiger partial charge in [-0.15, -0.1) is 0 Å². The standard InChI is InChI=1S/C14H27N3O/c1-3-12(2)16-13(18)10-17-9-6-14(11-17)4-7-15-8-5-14/h12,15H,3-11H2,1-2H3,(H,16,18). The summed E-state index contributed by atoms with van der Waals surface area (Å²) in [4.78, 5) is 14.2. The number of piperidine rings is 1. The molecule has 1 amide bonds. The van der Waals surface area contributed by atoms with Gasteiger partial charge in [-0.05, 0) is 57.7 Å². The van der Waals surface area contributed by atoms with Crippen LogP contribution in [0.25, 0.3) is 0 Å². The molecule has 2 N–H and O–H groups in total. The second kappa shape index (κ2) is 6.02. The van der Waals surface area contributed by atoms with Gasteiger partial charge in [-0.25, -0.2) is 0 Å². The minimum Gasteiger partial charge on any atom is -0.353 e. The fourth-order valence-electron chi connectivity index (χ4n) is 3.15. The van der Waals surface area contributed by atoms with Gasteiger partial charge in [0, 0.05) is 12.6 Å². The first-order chi connectivity index (χ1) is 8.63. The van der Waals surface area contributed by atoms with E-state index in [0.29, 0.717) is 18.0 Å². The molecule has 0 bridgehead atoms. The van der Waals surface area contributed by atoms with Crippen LogP contribution in [0, 0.1) is 5.41 Å². The molecule has 0 aromatic rings. The topological polar surface area (TPSA) is 44.4 Å². The Morgan fingerprint density at radius 3 is 2.78 bits per heavy atom. The summed E-state index contributed by atoms with van der Waals surface area (Å²) in [6, 6.07) is 0.299. The first-order valence-corrected chi connectivity index (χ1v) is 7.36. The minimum absolute atomic E-state index is 0.190. The van der Waals surface area contributed by atoms with Crippen molar-refractivity contribution in [3.05, 3.63) is 0 Å². The monoisotopic (exact) mass is 253 g/mol. The van der Waals surface area contributed by atoms with Crippen LogP contribution in [0.15, 0.2) is 0 Å². The third kappa shape index (κ3) is 3.45. The van der Waals surface area contributed by atoms with Crippen molar-refractivity contribution in [1.29, 1.82) is 0 Å². The van der Waals surface area contributed by atoms with Crippen LogP contribution >= 0.6 is 0 Å². The van der Waals surface area contributed by atoms with Crippen LogP contribution in [0.5, 0.6) is 0 Å². The number of carbonyl (C=O) groups is 1. The van der Waals surface area contributed by atoms with Gasteiger partial charge in [0.05, 0.1) is 6.54 Å². The average Bonchev–Trinajstić information content (AvgIpc) is 2.72. The smallest absolute Gasteiger partial charge is 0.234 e. The highest BCUT2D eigenvalue weighted by Crippen LogP contribution is 2.38. The van der Waals surface area contributed by atoms with Gasteiger partial charge in [0.25, 0.3) is 0 Å². The predicted octanol–water partition coefficient (Wildman–Crippen LogP) is 0.977. The highest BCUT2D eigenvalue weighted by atomic mass is 16.2. The molecule has 104 valence electrons. The molecule has 1 atom stereocenters. The molecule has 1 unspecified atom stereocenters. The molecule has 4 heteroatoms. The van der Waals surface area contributed by atoms with Crippen LogP contribution in [0.4, 0.5) is 0 Å². The molecule has 2 rings (SSSR count). The lowest BCUT2D eigenvalue weighted by Gasteiger charge is -2.33. The van der Waals surface area contributed by atoms with Crippen molar-refractivity contribution >= 4 is 5.91 Å². The van der Waals surface area contributed by atoms with Crippen molar-refractivity contribution in [2.24, 2.45) is 5.41 Å². The van der Waals surface area contributed by atoms with Crippen molar-refractivity contribution in [3.8, 4) is 0 Å². The van der Waals surface area contributed by atoms with Crippen molar-refractivity contribution in [3.63, 3.8) is 0 Å². The van der Waals surface area contributed by atoms with Gasteiger partial charge in [-0.3, -0.25) is 9.69 Å². The van der Waals surface area contributed by atoms with Gasteiger partial charge in [0.1, 0.15) is 0 Å². The van der Waals surface area contributed by atoms with Crippen molar-refractivity contribution in [1.82, 2.24) is 15.5 Å². The summed E-state index contributed by atoms with van der Waals surface area (Å²) in [6.07, 6.45) is 4.82. The molecule has 18 heavy (non-hydrogen) atoms. The van der Waals surface area contributed by atoms with Gasteiger partial charge >= 0.3 is 0 Å². The second-order valence-corrected chi connectivity index (χ2v) is 6.09. The largest absolute Gasteiger partial charge is 0.353 e. The van der Waals surface area contributed by atoms with E-state index in [1.807, 2.05) is 0 Å². The summed E-state index contributed by atoms with van der Waals surface area (Å²) in [5.41, 5.74) is 0.502. The van der Waals surface area contributed by atoms with E-state index >= 15 is 0 Å². The van der Waals surface area contributed by atoms with Crippen LogP contribution in [-0.4, -0.2) is 49.6 Å². The zero-order valence-corrected chi connectivity index (χ0v) is 11.8. The quantitative estimate of drug-likeness (QED) is 0.785. The Bertz CT molecular complexity index is 287. The molecule has 0 aliphatic carbocycles. The van der Waals surface area contributed by atoms with E-state index in [9.17, 15) is 4.79 Å². The Morgan fingerprint density at radius 2 is 2.11 bits per heavy atom. The molecule has 2 saturated heterocycles. The maximum absolute atomic E-state index is 11.9. The third-order valence-corrected chi connectivity index (χ3v) is 4.57. The number of hydrogen-bond donors (Lipinski definition) is 2. The molecule has 0 aromatic carbocycles. The molecule has 1 spiro atoms. The molecule has 2 aliphatic heterocycles. The lowest BCUT2D eigenvalue weighted by atomic mass is 9.78. The lowest BCUT2D eigenvalue weighted by Crippen LogP contribution is -2.42. The Labute approximate surface area is 110 Å². The maximum atomic E-state index is 11.9. The zero-order valence-electron chi connectivity index (χ0n) is 11.8. The van der Waals surface area contributed by atoms with Gasteiger partial charge in [-0.1, -0.05) is 6.92 Å². The van der Waals surface area contributed by atoms with E-state index < -0.39 is 0 Å². The summed E-state index contributed by atoms with van der Waals surface area (Å²) in [5, 5.41) is 6.48. The summed E-state index contributed by atoms with van der Waals surface area (Å²) < 4.78 is 0. The van der Waals surface area contributed by atoms with E-state index in [1.54, 1.807) is 0 Å². The number of hydrogen-bond acceptors (Lipinski definition) is 3. The lowest BCUT2D eigenvalue weighted by molar-refractivity contribution is -0.122. The number of nitrogens with one attached hydrogen (secondary N) is 2. The summed E-state index contributed by atoms with van der Waals surface area (Å²) in [5.74, 6) is 0.190. The fraction of sp³-hybridized carbons (Fsp3) is 0.929. The van der Waals surface area contributed by atoms with Crippen LogP contribution in [0.1, 0.15) is 39.5 Å². The Balaban J connectivity index is 1.76. The molecular weight excluding hydrogens is 226 g/mol. The number of amides is 1.